The molecule has 5 heterocycles. The van der Waals surface area contributed by atoms with Crippen molar-refractivity contribution in [2.24, 2.45) is 45.3 Å². The molecule has 24 nitrogen and oxygen atoms in total. The number of methoxy groups -OCH3 is 1. The maximum Gasteiger partial charge on any atom is 0.397 e. The zero-order chi connectivity index (χ0) is 59.3. The van der Waals surface area contributed by atoms with Crippen molar-refractivity contribution >= 4 is 22.3 Å². The van der Waals surface area contributed by atoms with Crippen LogP contribution in [0.3, 0.4) is 0 Å². The predicted molar refractivity (Wildman–Crippen MR) is 279 cm³/mol. The van der Waals surface area contributed by atoms with Crippen LogP contribution in [0.15, 0.2) is 23.3 Å². The number of rotatable bonds is 16. The molecule has 27 unspecified atom stereocenters. The first kappa shape index (κ1) is 63.2. The summed E-state index contributed by atoms with van der Waals surface area (Å²) in [5.41, 5.74) is -0.855. The van der Waals surface area contributed by atoms with Crippen LogP contribution in [0, 0.1) is 45.3 Å². The summed E-state index contributed by atoms with van der Waals surface area (Å²) in [5.74, 6) is -1.83. The Bertz CT molecular complexity index is 2460. The van der Waals surface area contributed by atoms with Crippen LogP contribution < -0.4 is 0 Å². The molecule has 9 aliphatic rings. The highest BCUT2D eigenvalue weighted by Crippen LogP contribution is 2.77. The monoisotopic (exact) mass is 1180 g/mol. The number of esters is 2. The summed E-state index contributed by atoms with van der Waals surface area (Å²) in [6.07, 6.45) is -16.4. The average molecular weight is 1180 g/mol. The third-order valence-corrected chi connectivity index (χ3v) is 21.0. The Balaban J connectivity index is 0.908. The van der Waals surface area contributed by atoms with Crippen molar-refractivity contribution < 1.29 is 115 Å². The molecule has 8 N–H and O–H groups in total. The number of cyclic esters (lactones) is 1. The van der Waals surface area contributed by atoms with Gasteiger partial charge >= 0.3 is 22.3 Å². The molecule has 5 aliphatic heterocycles. The number of aliphatic hydroxyl groups excluding tert-OH is 7. The Kier molecular flexibility index (Phi) is 18.2. The quantitative estimate of drug-likeness (QED) is 0.0621. The summed E-state index contributed by atoms with van der Waals surface area (Å²) in [5, 5.41) is 77.2. The van der Waals surface area contributed by atoms with E-state index in [-0.39, 0.29) is 29.1 Å². The lowest BCUT2D eigenvalue weighted by molar-refractivity contribution is -0.377. The molecule has 0 aromatic heterocycles. The number of carbonyl (C=O) groups excluding carboxylic acids is 2. The molecule has 0 aromatic carbocycles. The van der Waals surface area contributed by atoms with E-state index in [0.717, 1.165) is 12.8 Å². The summed E-state index contributed by atoms with van der Waals surface area (Å²) in [7, 11) is -3.88. The summed E-state index contributed by atoms with van der Waals surface area (Å²) >= 11 is 0. The standard InChI is InChI=1S/C56H88O24S/c1-25(2)13-12-18-55(10)46-32(73-28(5)58)21-54(9)30-14-15-35-52(6,7)36(17-19-53(35,8)29(30)16-20-56(46,54)51(65)79-55)75-50-45(39(62)34(24-71-50)80-81(66,67)68)78-47-26(3)37(60)42(27(4)72-47)76-48-40(63)43(31(59)23-70-48)77-49-41(64)44(69-11)38(61)33(22-57)74-49/h13-14,26-27,29,31-50,57,59-64H,12,15-24H2,1-11H3,(H,66,67,68). The molecule has 0 amide bonds. The second-order valence-electron chi connectivity index (χ2n) is 26.0. The van der Waals surface area contributed by atoms with E-state index in [1.54, 1.807) is 13.8 Å². The van der Waals surface area contributed by atoms with Crippen molar-refractivity contribution in [2.45, 2.75) is 243 Å². The first-order valence-electron chi connectivity index (χ1n) is 28.7. The molecule has 462 valence electrons. The van der Waals surface area contributed by atoms with Gasteiger partial charge in [0.25, 0.3) is 0 Å². The Morgan fingerprint density at radius 3 is 2.10 bits per heavy atom. The predicted octanol–water partition coefficient (Wildman–Crippen LogP) is 1.90. The third-order valence-electron chi connectivity index (χ3n) is 20.5. The van der Waals surface area contributed by atoms with Crippen LogP contribution in [0.2, 0.25) is 0 Å². The first-order valence-corrected chi connectivity index (χ1v) is 30.0. The van der Waals surface area contributed by atoms with E-state index in [1.807, 2.05) is 20.8 Å². The molecule has 9 rings (SSSR count). The number of hydrogen-bond donors (Lipinski definition) is 8. The van der Waals surface area contributed by atoms with Crippen LogP contribution in [-0.4, -0.2) is 210 Å². The number of fused-ring (bicyclic) bond motifs is 4. The van der Waals surface area contributed by atoms with Gasteiger partial charge in [0.1, 0.15) is 78.8 Å². The fourth-order valence-corrected chi connectivity index (χ4v) is 17.0. The molecule has 25 heteroatoms. The van der Waals surface area contributed by atoms with Gasteiger partial charge in [-0.05, 0) is 102 Å². The number of aliphatic hydroxyl groups is 7. The molecule has 0 aromatic rings. The second-order valence-corrected chi connectivity index (χ2v) is 27.0. The van der Waals surface area contributed by atoms with E-state index in [9.17, 15) is 58.3 Å². The molecular weight excluding hydrogens is 1090 g/mol. The average Bonchev–Trinajstić information content (AvgIpc) is 1.75. The molecule has 81 heavy (non-hydrogen) atoms. The lowest BCUT2D eigenvalue weighted by Gasteiger charge is -2.64. The second kappa shape index (κ2) is 23.4. The molecule has 27 atom stereocenters. The van der Waals surface area contributed by atoms with Gasteiger partial charge in [-0.1, -0.05) is 57.9 Å². The van der Waals surface area contributed by atoms with Crippen LogP contribution in [0.5, 0.6) is 0 Å². The van der Waals surface area contributed by atoms with E-state index < -0.39 is 181 Å². The minimum absolute atomic E-state index is 0.0271. The summed E-state index contributed by atoms with van der Waals surface area (Å²) < 4.78 is 106. The van der Waals surface area contributed by atoms with E-state index in [1.165, 1.54) is 25.2 Å². The Labute approximate surface area is 473 Å². The highest BCUT2D eigenvalue weighted by molar-refractivity contribution is 7.80. The van der Waals surface area contributed by atoms with Gasteiger partial charge in [-0.3, -0.25) is 14.1 Å². The van der Waals surface area contributed by atoms with Gasteiger partial charge in [0.15, 0.2) is 25.2 Å². The minimum Gasteiger partial charge on any atom is -0.462 e. The van der Waals surface area contributed by atoms with Gasteiger partial charge in [-0.25, -0.2) is 4.18 Å². The summed E-state index contributed by atoms with van der Waals surface area (Å²) in [6.45, 7) is 17.7. The summed E-state index contributed by atoms with van der Waals surface area (Å²) in [4.78, 5) is 27.4. The summed E-state index contributed by atoms with van der Waals surface area (Å²) in [6, 6.07) is 0. The third kappa shape index (κ3) is 11.1. The highest BCUT2D eigenvalue weighted by Gasteiger charge is 2.79. The van der Waals surface area contributed by atoms with Crippen molar-refractivity contribution in [1.29, 1.82) is 0 Å². The molecule has 4 aliphatic carbocycles. The number of ether oxygens (including phenoxy) is 11. The van der Waals surface area contributed by atoms with Crippen molar-refractivity contribution in [3.8, 4) is 0 Å². The van der Waals surface area contributed by atoms with E-state index in [2.05, 4.69) is 39.8 Å². The zero-order valence-corrected chi connectivity index (χ0v) is 49.0. The highest BCUT2D eigenvalue weighted by atomic mass is 32.3. The van der Waals surface area contributed by atoms with Crippen LogP contribution in [0.1, 0.15) is 121 Å². The number of allylic oxidation sites excluding steroid dienone is 4. The molecule has 0 bridgehead atoms. The van der Waals surface area contributed by atoms with Gasteiger partial charge < -0.3 is 87.9 Å². The molecule has 3 saturated carbocycles. The van der Waals surface area contributed by atoms with E-state index in [0.29, 0.717) is 38.5 Å². The van der Waals surface area contributed by atoms with Crippen LogP contribution in [0.25, 0.3) is 0 Å². The molecule has 0 radical (unpaired) electrons. The van der Waals surface area contributed by atoms with Crippen LogP contribution in [0.4, 0.5) is 0 Å². The topological polar surface area (TPSA) is 341 Å². The first-order chi connectivity index (χ1) is 37.9. The van der Waals surface area contributed by atoms with Crippen LogP contribution >= 0.6 is 0 Å². The van der Waals surface area contributed by atoms with Gasteiger partial charge in [0.2, 0.25) is 0 Å². The van der Waals surface area contributed by atoms with Gasteiger partial charge in [0.05, 0.1) is 49.5 Å². The van der Waals surface area contributed by atoms with Gasteiger partial charge in [-0.15, -0.1) is 0 Å². The lowest BCUT2D eigenvalue weighted by atomic mass is 9.41. The minimum atomic E-state index is -5.11. The Hall–Kier alpha value is -2.35. The maximum atomic E-state index is 14.7. The number of carbonyl (C=O) groups is 2. The zero-order valence-electron chi connectivity index (χ0n) is 48.2. The van der Waals surface area contributed by atoms with E-state index in [4.69, 9.17) is 56.3 Å². The van der Waals surface area contributed by atoms with Crippen molar-refractivity contribution in [1.82, 2.24) is 0 Å². The SMILES string of the molecule is COC1C(O)C(CO)OC(OC2C(O)COC(OC3C(C)OC(OC4C(OC5CCC6(C)C7CCC89C(=O)OC(C)(CCC=C(C)C)C8C(OC(C)=O)CC9(C)C7=CCC6C5(C)C)OCC(OS(=O)(=O)O)C4O)C(C)C3O)C2O)C1O. The van der Waals surface area contributed by atoms with Crippen molar-refractivity contribution in [2.75, 3.05) is 26.9 Å². The van der Waals surface area contributed by atoms with E-state index >= 15 is 0 Å². The lowest BCUT2D eigenvalue weighted by Crippen LogP contribution is -2.64. The largest absolute Gasteiger partial charge is 0.462 e. The fourth-order valence-electron chi connectivity index (χ4n) is 16.5. The Morgan fingerprint density at radius 1 is 0.778 bits per heavy atom. The normalized spacial score (nSPS) is 49.5. The van der Waals surface area contributed by atoms with Gasteiger partial charge in [-0.2, -0.15) is 8.42 Å². The van der Waals surface area contributed by atoms with Crippen LogP contribution in [-0.2, 0) is 76.3 Å². The maximum absolute atomic E-state index is 14.7. The van der Waals surface area contributed by atoms with Gasteiger partial charge in [0, 0.05) is 25.4 Å². The molecule has 5 saturated heterocycles. The number of hydrogen-bond acceptors (Lipinski definition) is 23. The molecular formula is C56H88O24S. The van der Waals surface area contributed by atoms with Crippen molar-refractivity contribution in [3.63, 3.8) is 0 Å². The Morgan fingerprint density at radius 2 is 1.44 bits per heavy atom. The molecule has 1 spiro atoms. The smallest absolute Gasteiger partial charge is 0.397 e. The molecule has 8 fully saturated rings. The van der Waals surface area contributed by atoms with Crippen molar-refractivity contribution in [3.05, 3.63) is 23.3 Å². The fraction of sp³-hybridized carbons (Fsp3) is 0.893.